The predicted octanol–water partition coefficient (Wildman–Crippen LogP) is 3.19. The maximum absolute atomic E-state index is 12.4. The van der Waals surface area contributed by atoms with Gasteiger partial charge in [-0.05, 0) is 45.2 Å². The number of hydrogen-bond donors (Lipinski definition) is 1. The monoisotopic (exact) mass is 412 g/mol. The van der Waals surface area contributed by atoms with Crippen molar-refractivity contribution in [1.29, 1.82) is 0 Å². The Morgan fingerprint density at radius 3 is 2.43 bits per heavy atom. The summed E-state index contributed by atoms with van der Waals surface area (Å²) < 4.78 is 9.86. The zero-order valence-corrected chi connectivity index (χ0v) is 17.8. The van der Waals surface area contributed by atoms with Gasteiger partial charge in [-0.3, -0.25) is 4.79 Å². The van der Waals surface area contributed by atoms with E-state index in [1.165, 1.54) is 7.11 Å². The van der Waals surface area contributed by atoms with E-state index in [1.54, 1.807) is 32.7 Å². The average Bonchev–Trinajstić information content (AvgIpc) is 2.61. The lowest BCUT2D eigenvalue weighted by molar-refractivity contribution is -0.143. The standard InChI is InChI=1S/C20H29ClN2O5/c1-20(2,3)28-19(26)22-16(18(25)27-5)10-11-17(24)23(4)13-12-14-8-6-7-9-15(14)21/h6-9,16H,10-13H2,1-5H3,(H,22,26)/t16-/m0/s1. The van der Waals surface area contributed by atoms with Crippen molar-refractivity contribution < 1.29 is 23.9 Å². The average molecular weight is 413 g/mol. The smallest absolute Gasteiger partial charge is 0.408 e. The maximum Gasteiger partial charge on any atom is 0.408 e. The molecular formula is C20H29ClN2O5. The Balaban J connectivity index is 2.55. The number of methoxy groups -OCH3 is 1. The Labute approximate surface area is 171 Å². The number of nitrogens with zero attached hydrogens (tertiary/aromatic N) is 1. The molecule has 8 heteroatoms. The van der Waals surface area contributed by atoms with Crippen molar-refractivity contribution in [3.05, 3.63) is 34.9 Å². The molecule has 0 radical (unpaired) electrons. The molecule has 0 fully saturated rings. The lowest BCUT2D eigenvalue weighted by Crippen LogP contribution is -2.44. The van der Waals surface area contributed by atoms with Gasteiger partial charge in [0.2, 0.25) is 5.91 Å². The van der Waals surface area contributed by atoms with Crippen molar-refractivity contribution in [3.8, 4) is 0 Å². The van der Waals surface area contributed by atoms with Crippen molar-refractivity contribution in [1.82, 2.24) is 10.2 Å². The van der Waals surface area contributed by atoms with Crippen molar-refractivity contribution in [2.24, 2.45) is 0 Å². The third-order valence-corrected chi connectivity index (χ3v) is 4.29. The van der Waals surface area contributed by atoms with Gasteiger partial charge in [-0.25, -0.2) is 9.59 Å². The highest BCUT2D eigenvalue weighted by Gasteiger charge is 2.26. The fourth-order valence-corrected chi connectivity index (χ4v) is 2.64. The molecule has 0 aromatic heterocycles. The van der Waals surface area contributed by atoms with Gasteiger partial charge in [0, 0.05) is 25.0 Å². The van der Waals surface area contributed by atoms with Crippen LogP contribution in [0.5, 0.6) is 0 Å². The van der Waals surface area contributed by atoms with Crippen LogP contribution in [0.1, 0.15) is 39.2 Å². The molecule has 0 saturated carbocycles. The number of alkyl carbamates (subject to hydrolysis) is 1. The first-order valence-corrected chi connectivity index (χ1v) is 9.46. The van der Waals surface area contributed by atoms with Crippen LogP contribution in [0.2, 0.25) is 5.02 Å². The van der Waals surface area contributed by atoms with Crippen LogP contribution in [0.15, 0.2) is 24.3 Å². The number of likely N-dealkylation sites (N-methyl/N-ethyl adjacent to an activating group) is 1. The number of esters is 1. The van der Waals surface area contributed by atoms with E-state index in [2.05, 4.69) is 5.32 Å². The second-order valence-electron chi connectivity index (χ2n) is 7.42. The summed E-state index contributed by atoms with van der Waals surface area (Å²) in [5.41, 5.74) is 0.266. The molecule has 2 amide bonds. The van der Waals surface area contributed by atoms with Crippen LogP contribution in [-0.2, 0) is 25.5 Å². The van der Waals surface area contributed by atoms with Crippen LogP contribution in [-0.4, -0.2) is 55.2 Å². The SMILES string of the molecule is COC(=O)[C@H](CCC(=O)N(C)CCc1ccccc1Cl)NC(=O)OC(C)(C)C. The van der Waals surface area contributed by atoms with Gasteiger partial charge in [0.25, 0.3) is 0 Å². The molecule has 1 rings (SSSR count). The Morgan fingerprint density at radius 1 is 1.21 bits per heavy atom. The maximum atomic E-state index is 12.4. The topological polar surface area (TPSA) is 84.9 Å². The van der Waals surface area contributed by atoms with Gasteiger partial charge in [0.1, 0.15) is 11.6 Å². The minimum atomic E-state index is -0.958. The van der Waals surface area contributed by atoms with E-state index >= 15 is 0 Å². The van der Waals surface area contributed by atoms with Gasteiger partial charge in [-0.15, -0.1) is 0 Å². The van der Waals surface area contributed by atoms with Gasteiger partial charge < -0.3 is 19.7 Å². The number of hydrogen-bond acceptors (Lipinski definition) is 5. The number of carbonyl (C=O) groups excluding carboxylic acids is 3. The number of halogens is 1. The molecule has 0 aliphatic heterocycles. The molecule has 1 aromatic carbocycles. The normalized spacial score (nSPS) is 12.1. The number of nitrogens with one attached hydrogen (secondary N) is 1. The first-order chi connectivity index (χ1) is 13.0. The van der Waals surface area contributed by atoms with Crippen molar-refractivity contribution in [3.63, 3.8) is 0 Å². The minimum Gasteiger partial charge on any atom is -0.467 e. The van der Waals surface area contributed by atoms with Crippen molar-refractivity contribution >= 4 is 29.6 Å². The summed E-state index contributed by atoms with van der Waals surface area (Å²) in [7, 11) is 2.91. The number of amides is 2. The molecule has 0 spiro atoms. The summed E-state index contributed by atoms with van der Waals surface area (Å²) in [5, 5.41) is 3.12. The third kappa shape index (κ3) is 8.61. The quantitative estimate of drug-likeness (QED) is 0.663. The number of carbonyl (C=O) groups is 3. The summed E-state index contributed by atoms with van der Waals surface area (Å²) in [4.78, 5) is 37.8. The summed E-state index contributed by atoms with van der Waals surface area (Å²) in [5.74, 6) is -0.774. The Morgan fingerprint density at radius 2 is 1.86 bits per heavy atom. The first kappa shape index (κ1) is 23.8. The van der Waals surface area contributed by atoms with Gasteiger partial charge in [0.15, 0.2) is 0 Å². The predicted molar refractivity (Wildman–Crippen MR) is 107 cm³/mol. The molecular weight excluding hydrogens is 384 g/mol. The first-order valence-electron chi connectivity index (χ1n) is 9.08. The number of ether oxygens (including phenoxy) is 2. The molecule has 156 valence electrons. The van der Waals surface area contributed by atoms with Crippen LogP contribution < -0.4 is 5.32 Å². The molecule has 0 saturated heterocycles. The zero-order chi connectivity index (χ0) is 21.3. The second-order valence-corrected chi connectivity index (χ2v) is 7.82. The third-order valence-electron chi connectivity index (χ3n) is 3.92. The van der Waals surface area contributed by atoms with E-state index in [4.69, 9.17) is 21.1 Å². The van der Waals surface area contributed by atoms with Crippen LogP contribution in [0.3, 0.4) is 0 Å². The van der Waals surface area contributed by atoms with Crippen molar-refractivity contribution in [2.45, 2.75) is 51.7 Å². The van der Waals surface area contributed by atoms with E-state index in [0.717, 1.165) is 5.56 Å². The summed E-state index contributed by atoms with van der Waals surface area (Å²) in [6.45, 7) is 5.65. The largest absolute Gasteiger partial charge is 0.467 e. The molecule has 0 heterocycles. The van der Waals surface area contributed by atoms with Gasteiger partial charge in [-0.2, -0.15) is 0 Å². The van der Waals surface area contributed by atoms with E-state index in [9.17, 15) is 14.4 Å². The lowest BCUT2D eigenvalue weighted by atomic mass is 10.1. The molecule has 28 heavy (non-hydrogen) atoms. The highest BCUT2D eigenvalue weighted by atomic mass is 35.5. The Bertz CT molecular complexity index is 687. The fourth-order valence-electron chi connectivity index (χ4n) is 2.41. The van der Waals surface area contributed by atoms with Gasteiger partial charge in [-0.1, -0.05) is 29.8 Å². The number of rotatable bonds is 8. The van der Waals surface area contributed by atoms with E-state index < -0.39 is 23.7 Å². The zero-order valence-electron chi connectivity index (χ0n) is 17.1. The Hall–Kier alpha value is -2.28. The van der Waals surface area contributed by atoms with Crippen LogP contribution in [0.4, 0.5) is 4.79 Å². The van der Waals surface area contributed by atoms with E-state index in [0.29, 0.717) is 18.0 Å². The highest BCUT2D eigenvalue weighted by molar-refractivity contribution is 6.31. The summed E-state index contributed by atoms with van der Waals surface area (Å²) in [6.07, 6.45) is 0.0799. The van der Waals surface area contributed by atoms with E-state index in [-0.39, 0.29) is 18.7 Å². The fraction of sp³-hybridized carbons (Fsp3) is 0.550. The number of benzene rings is 1. The molecule has 0 aliphatic carbocycles. The van der Waals surface area contributed by atoms with Gasteiger partial charge >= 0.3 is 12.1 Å². The van der Waals surface area contributed by atoms with Gasteiger partial charge in [0.05, 0.1) is 7.11 Å². The molecule has 0 unspecified atom stereocenters. The summed E-state index contributed by atoms with van der Waals surface area (Å²) in [6, 6.07) is 6.51. The molecule has 1 aromatic rings. The van der Waals surface area contributed by atoms with Crippen LogP contribution in [0, 0.1) is 0 Å². The molecule has 0 bridgehead atoms. The highest BCUT2D eigenvalue weighted by Crippen LogP contribution is 2.16. The molecule has 1 N–H and O–H groups in total. The lowest BCUT2D eigenvalue weighted by Gasteiger charge is -2.23. The summed E-state index contributed by atoms with van der Waals surface area (Å²) >= 11 is 6.13. The Kier molecular flexibility index (Phi) is 9.25. The van der Waals surface area contributed by atoms with E-state index in [1.807, 2.05) is 24.3 Å². The molecule has 7 nitrogen and oxygen atoms in total. The molecule has 0 aliphatic rings. The van der Waals surface area contributed by atoms with Crippen LogP contribution in [0.25, 0.3) is 0 Å². The second kappa shape index (κ2) is 10.9. The minimum absolute atomic E-state index is 0.0780. The van der Waals surface area contributed by atoms with Crippen LogP contribution >= 0.6 is 11.6 Å². The molecule has 1 atom stereocenters. The van der Waals surface area contributed by atoms with Crippen molar-refractivity contribution in [2.75, 3.05) is 20.7 Å².